The van der Waals surface area contributed by atoms with Gasteiger partial charge in [-0.15, -0.1) is 0 Å². The van der Waals surface area contributed by atoms with Crippen molar-refractivity contribution in [3.63, 3.8) is 0 Å². The molecule has 0 saturated heterocycles. The van der Waals surface area contributed by atoms with Crippen molar-refractivity contribution in [3.8, 4) is 0 Å². The molecule has 1 aromatic heterocycles. The number of aromatic amines is 1. The summed E-state index contributed by atoms with van der Waals surface area (Å²) in [5.41, 5.74) is 0.758. The molecule has 3 amide bonds. The molecule has 0 unspecified atom stereocenters. The number of urea groups is 1. The van der Waals surface area contributed by atoms with E-state index in [0.29, 0.717) is 37.1 Å². The normalized spacial score (nSPS) is 22.5. The summed E-state index contributed by atoms with van der Waals surface area (Å²) in [5.74, 6) is -0.337. The molecule has 138 valence electrons. The van der Waals surface area contributed by atoms with Crippen LogP contribution in [0.5, 0.6) is 0 Å². The molecule has 1 heterocycles. The summed E-state index contributed by atoms with van der Waals surface area (Å²) in [5, 5.41) is 24.4. The molecule has 0 bridgehead atoms. The van der Waals surface area contributed by atoms with Gasteiger partial charge in [0.05, 0.1) is 18.0 Å². The number of para-hydroxylation sites is 1. The van der Waals surface area contributed by atoms with Gasteiger partial charge in [0.25, 0.3) is 5.91 Å². The van der Waals surface area contributed by atoms with E-state index in [1.54, 1.807) is 12.1 Å². The minimum absolute atomic E-state index is 0.195. The van der Waals surface area contributed by atoms with Crippen LogP contribution in [0.1, 0.15) is 43.1 Å². The number of amides is 3. The number of rotatable bonds is 4. The van der Waals surface area contributed by atoms with Crippen LogP contribution in [-0.4, -0.2) is 38.9 Å². The van der Waals surface area contributed by atoms with Gasteiger partial charge in [0.15, 0.2) is 0 Å². The molecule has 0 spiro atoms. The van der Waals surface area contributed by atoms with Gasteiger partial charge < -0.3 is 21.1 Å². The molecule has 1 aliphatic rings. The number of nitrogens with zero attached hydrogens (tertiary/aromatic N) is 1. The van der Waals surface area contributed by atoms with E-state index in [0.717, 1.165) is 0 Å². The van der Waals surface area contributed by atoms with Crippen LogP contribution in [0.4, 0.5) is 16.2 Å². The van der Waals surface area contributed by atoms with Gasteiger partial charge in [0.1, 0.15) is 5.69 Å². The maximum atomic E-state index is 12.6. The number of aliphatic hydroxyl groups is 1. The molecule has 0 atom stereocenters. The summed E-state index contributed by atoms with van der Waals surface area (Å²) in [7, 11) is 0. The third-order valence-corrected chi connectivity index (χ3v) is 4.62. The van der Waals surface area contributed by atoms with Crippen LogP contribution in [0.2, 0.25) is 0 Å². The van der Waals surface area contributed by atoms with Crippen molar-refractivity contribution < 1.29 is 14.7 Å². The Morgan fingerprint density at radius 3 is 2.58 bits per heavy atom. The fourth-order valence-electron chi connectivity index (χ4n) is 3.06. The molecule has 1 saturated carbocycles. The van der Waals surface area contributed by atoms with Crippen molar-refractivity contribution in [3.05, 3.63) is 42.2 Å². The number of benzene rings is 1. The number of anilines is 2. The summed E-state index contributed by atoms with van der Waals surface area (Å²) < 4.78 is 0. The van der Waals surface area contributed by atoms with E-state index in [-0.39, 0.29) is 23.2 Å². The summed E-state index contributed by atoms with van der Waals surface area (Å²) in [6.07, 6.45) is 3.81. The average molecular weight is 357 g/mol. The second-order valence-corrected chi connectivity index (χ2v) is 6.85. The molecule has 1 fully saturated rings. The molecule has 3 rings (SSSR count). The molecule has 8 heteroatoms. The maximum absolute atomic E-state index is 12.6. The number of carbonyl (C=O) groups excluding carboxylic acids is 2. The summed E-state index contributed by atoms with van der Waals surface area (Å²) in [6.45, 7) is 1.96. The fraction of sp³-hybridized carbons (Fsp3) is 0.389. The van der Waals surface area contributed by atoms with Crippen LogP contribution < -0.4 is 16.0 Å². The van der Waals surface area contributed by atoms with E-state index in [4.69, 9.17) is 0 Å². The lowest BCUT2D eigenvalue weighted by Gasteiger charge is -2.36. The highest BCUT2D eigenvalue weighted by Gasteiger charge is 2.33. The van der Waals surface area contributed by atoms with Crippen molar-refractivity contribution in [2.24, 2.45) is 0 Å². The zero-order valence-corrected chi connectivity index (χ0v) is 14.6. The summed E-state index contributed by atoms with van der Waals surface area (Å²) in [6, 6.07) is 8.55. The molecule has 0 aliphatic heterocycles. The van der Waals surface area contributed by atoms with Crippen molar-refractivity contribution in [1.29, 1.82) is 0 Å². The van der Waals surface area contributed by atoms with Gasteiger partial charge in [-0.1, -0.05) is 18.2 Å². The smallest absolute Gasteiger partial charge is 0.323 e. The van der Waals surface area contributed by atoms with E-state index >= 15 is 0 Å². The Kier molecular flexibility index (Phi) is 5.22. The maximum Gasteiger partial charge on any atom is 0.323 e. The van der Waals surface area contributed by atoms with Gasteiger partial charge in [-0.2, -0.15) is 5.10 Å². The Morgan fingerprint density at radius 1 is 1.19 bits per heavy atom. The molecular formula is C18H23N5O3. The van der Waals surface area contributed by atoms with E-state index < -0.39 is 6.03 Å². The second kappa shape index (κ2) is 7.57. The third-order valence-electron chi connectivity index (χ3n) is 4.62. The molecule has 26 heavy (non-hydrogen) atoms. The predicted molar refractivity (Wildman–Crippen MR) is 98.0 cm³/mol. The van der Waals surface area contributed by atoms with Crippen LogP contribution in [0.3, 0.4) is 0 Å². The van der Waals surface area contributed by atoms with E-state index in [9.17, 15) is 14.7 Å². The zero-order chi connectivity index (χ0) is 18.6. The first-order chi connectivity index (χ1) is 12.5. The average Bonchev–Trinajstić information content (AvgIpc) is 3.07. The second-order valence-electron chi connectivity index (χ2n) is 6.85. The van der Waals surface area contributed by atoms with Gasteiger partial charge >= 0.3 is 6.03 Å². The Morgan fingerprint density at radius 2 is 1.88 bits per heavy atom. The van der Waals surface area contributed by atoms with Crippen molar-refractivity contribution in [2.45, 2.75) is 44.2 Å². The topological polar surface area (TPSA) is 119 Å². The standard InChI is InChI=1S/C18H23N5O3/c1-18(9-7-13(24)8-10-18)22-16(25)15-14(11-19-23-15)21-17(26)20-12-5-3-2-4-6-12/h2-6,11,13,24H,7-10H2,1H3,(H,19,23)(H,22,25)(H2,20,21,26). The van der Waals surface area contributed by atoms with E-state index in [1.807, 2.05) is 25.1 Å². The van der Waals surface area contributed by atoms with Crippen molar-refractivity contribution in [2.75, 3.05) is 10.6 Å². The van der Waals surface area contributed by atoms with E-state index in [2.05, 4.69) is 26.1 Å². The lowest BCUT2D eigenvalue weighted by atomic mass is 9.82. The number of carbonyl (C=O) groups is 2. The largest absolute Gasteiger partial charge is 0.393 e. The first kappa shape index (κ1) is 17.9. The lowest BCUT2D eigenvalue weighted by Crippen LogP contribution is -2.49. The van der Waals surface area contributed by atoms with Crippen LogP contribution >= 0.6 is 0 Å². The number of hydrogen-bond donors (Lipinski definition) is 5. The van der Waals surface area contributed by atoms with Crippen LogP contribution in [-0.2, 0) is 0 Å². The highest BCUT2D eigenvalue weighted by Crippen LogP contribution is 2.28. The molecule has 5 N–H and O–H groups in total. The van der Waals surface area contributed by atoms with Gasteiger partial charge in [-0.05, 0) is 44.7 Å². The minimum Gasteiger partial charge on any atom is -0.393 e. The van der Waals surface area contributed by atoms with Gasteiger partial charge in [-0.3, -0.25) is 9.89 Å². The van der Waals surface area contributed by atoms with Crippen molar-refractivity contribution >= 4 is 23.3 Å². The Balaban J connectivity index is 1.62. The molecule has 8 nitrogen and oxygen atoms in total. The number of H-pyrrole nitrogens is 1. The van der Waals surface area contributed by atoms with Gasteiger partial charge in [-0.25, -0.2) is 4.79 Å². The Hall–Kier alpha value is -2.87. The Labute approximate surface area is 151 Å². The zero-order valence-electron chi connectivity index (χ0n) is 14.6. The summed E-state index contributed by atoms with van der Waals surface area (Å²) in [4.78, 5) is 24.7. The van der Waals surface area contributed by atoms with Crippen LogP contribution in [0.15, 0.2) is 36.5 Å². The monoisotopic (exact) mass is 357 g/mol. The van der Waals surface area contributed by atoms with E-state index in [1.165, 1.54) is 6.20 Å². The molecule has 2 aromatic rings. The first-order valence-electron chi connectivity index (χ1n) is 8.62. The predicted octanol–water partition coefficient (Wildman–Crippen LogP) is 2.48. The third kappa shape index (κ3) is 4.40. The van der Waals surface area contributed by atoms with Gasteiger partial charge in [0.2, 0.25) is 0 Å². The lowest BCUT2D eigenvalue weighted by molar-refractivity contribution is 0.0722. The highest BCUT2D eigenvalue weighted by molar-refractivity contribution is 6.05. The number of nitrogens with one attached hydrogen (secondary N) is 4. The van der Waals surface area contributed by atoms with Crippen molar-refractivity contribution in [1.82, 2.24) is 15.5 Å². The highest BCUT2D eigenvalue weighted by atomic mass is 16.3. The molecule has 1 aromatic carbocycles. The number of aliphatic hydroxyl groups excluding tert-OH is 1. The SMILES string of the molecule is CC1(NC(=O)c2[nH]ncc2NC(=O)Nc2ccccc2)CCC(O)CC1. The molecular weight excluding hydrogens is 334 g/mol. The fourth-order valence-corrected chi connectivity index (χ4v) is 3.06. The Bertz CT molecular complexity index is 766. The minimum atomic E-state index is -0.460. The molecule has 0 radical (unpaired) electrons. The summed E-state index contributed by atoms with van der Waals surface area (Å²) >= 11 is 0. The quantitative estimate of drug-likeness (QED) is 0.577. The number of aromatic nitrogens is 2. The van der Waals surface area contributed by atoms with Gasteiger partial charge in [0, 0.05) is 11.2 Å². The first-order valence-corrected chi connectivity index (χ1v) is 8.62. The number of hydrogen-bond acceptors (Lipinski definition) is 4. The van der Waals surface area contributed by atoms with Crippen LogP contribution in [0, 0.1) is 0 Å². The molecule has 1 aliphatic carbocycles. The van der Waals surface area contributed by atoms with Crippen LogP contribution in [0.25, 0.3) is 0 Å².